The summed E-state index contributed by atoms with van der Waals surface area (Å²) < 4.78 is 17.1. The topological polar surface area (TPSA) is 54.9 Å². The monoisotopic (exact) mass is 537 g/mol. The van der Waals surface area contributed by atoms with Crippen LogP contribution in [0.3, 0.4) is 0 Å². The number of fused-ring (bicyclic) bond motifs is 2. The summed E-state index contributed by atoms with van der Waals surface area (Å²) in [5.74, 6) is 1.40. The molecule has 2 aliphatic heterocycles. The molecule has 3 atom stereocenters. The van der Waals surface area contributed by atoms with Gasteiger partial charge < -0.3 is 0 Å². The average Bonchev–Trinajstić information content (AvgIpc) is 3.27. The number of hydrogen-bond acceptors (Lipinski definition) is 3. The maximum atomic E-state index is 13.8. The summed E-state index contributed by atoms with van der Waals surface area (Å²) in [6.45, 7) is 0. The number of pyridine rings is 2. The Morgan fingerprint density at radius 2 is 2.07 bits per heavy atom. The molecule has 0 spiro atoms. The number of alkyl halides is 3. The van der Waals surface area contributed by atoms with Gasteiger partial charge in [0.2, 0.25) is 0 Å². The fraction of sp³-hybridized carbons (Fsp3) is 0.348. The summed E-state index contributed by atoms with van der Waals surface area (Å²) in [5, 5.41) is 4.41. The zero-order valence-corrected chi connectivity index (χ0v) is 19.2. The van der Waals surface area contributed by atoms with Crippen LogP contribution < -0.4 is 5.32 Å². The van der Waals surface area contributed by atoms with Crippen molar-refractivity contribution in [2.24, 2.45) is 5.92 Å². The van der Waals surface area contributed by atoms with E-state index in [0.717, 1.165) is 21.2 Å². The van der Waals surface area contributed by atoms with E-state index in [1.54, 1.807) is 30.5 Å². The summed E-state index contributed by atoms with van der Waals surface area (Å²) in [4.78, 5) is 21.0. The Bertz CT molecular complexity index is 1080. The fourth-order valence-corrected chi connectivity index (χ4v) is 13.9. The first-order chi connectivity index (χ1) is 14.5. The molecule has 2 fully saturated rings. The molecule has 1 aromatic carbocycles. The van der Waals surface area contributed by atoms with Crippen LogP contribution >= 0.6 is 31.4 Å². The molecule has 2 saturated heterocycles. The van der Waals surface area contributed by atoms with Crippen molar-refractivity contribution >= 4 is 54.0 Å². The molecule has 0 aliphatic carbocycles. The summed E-state index contributed by atoms with van der Waals surface area (Å²) in [5.41, 5.74) is 2.13. The molecule has 0 radical (unpaired) electrons. The number of halogens is 3. The Balaban J connectivity index is 1.21. The van der Waals surface area contributed by atoms with Gasteiger partial charge in [-0.25, -0.2) is 0 Å². The molecule has 2 aliphatic rings. The maximum absolute atomic E-state index is 13.8. The average molecular weight is 538 g/mol. The van der Waals surface area contributed by atoms with E-state index in [2.05, 4.69) is 21.4 Å². The molecule has 3 aromatic rings. The van der Waals surface area contributed by atoms with Gasteiger partial charge in [-0.1, -0.05) is 0 Å². The first-order valence-corrected chi connectivity index (χ1v) is 14.8. The molecule has 7 heteroatoms. The molecule has 0 saturated carbocycles. The van der Waals surface area contributed by atoms with Gasteiger partial charge in [0, 0.05) is 0 Å². The van der Waals surface area contributed by atoms with Crippen LogP contribution in [0.4, 0.5) is 10.2 Å². The Hall–Kier alpha value is -1.80. The number of carbonyl (C=O) groups excluding carboxylic acids is 1. The van der Waals surface area contributed by atoms with Crippen molar-refractivity contribution < 1.29 is 9.18 Å². The van der Waals surface area contributed by atoms with Gasteiger partial charge >= 0.3 is 188 Å². The zero-order valence-electron chi connectivity index (χ0n) is 16.3. The second-order valence-electron chi connectivity index (χ2n) is 8.11. The quantitative estimate of drug-likeness (QED) is 0.336. The van der Waals surface area contributed by atoms with Gasteiger partial charge in [0.1, 0.15) is 0 Å². The van der Waals surface area contributed by atoms with Crippen molar-refractivity contribution in [3.8, 4) is 0 Å². The van der Waals surface area contributed by atoms with E-state index >= 15 is 0 Å². The number of rotatable bonds is 4. The summed E-state index contributed by atoms with van der Waals surface area (Å²) in [6.07, 6.45) is 6.30. The fourth-order valence-electron chi connectivity index (χ4n) is 4.73. The van der Waals surface area contributed by atoms with Gasteiger partial charge in [-0.15, -0.1) is 0 Å². The molecule has 0 bridgehead atoms. The molecule has 1 amide bonds. The van der Waals surface area contributed by atoms with E-state index in [1.807, 2.05) is 6.20 Å². The number of benzene rings is 1. The van der Waals surface area contributed by atoms with Crippen LogP contribution in [-0.2, 0) is 4.79 Å². The van der Waals surface area contributed by atoms with Crippen LogP contribution in [0.1, 0.15) is 30.7 Å². The van der Waals surface area contributed by atoms with Crippen LogP contribution in [-0.4, -0.2) is 28.7 Å². The predicted octanol–water partition coefficient (Wildman–Crippen LogP) is 5.83. The molecular weight excluding hydrogens is 516 g/mol. The van der Waals surface area contributed by atoms with Gasteiger partial charge in [0.15, 0.2) is 0 Å². The van der Waals surface area contributed by atoms with E-state index in [4.69, 9.17) is 11.6 Å². The Morgan fingerprint density at radius 1 is 1.17 bits per heavy atom. The van der Waals surface area contributed by atoms with Crippen molar-refractivity contribution in [3.63, 3.8) is 0 Å². The van der Waals surface area contributed by atoms with Crippen molar-refractivity contribution in [3.05, 3.63) is 65.2 Å². The van der Waals surface area contributed by atoms with Crippen LogP contribution in [0, 0.1) is 11.7 Å². The summed E-state index contributed by atoms with van der Waals surface area (Å²) in [6, 6.07) is 10.4. The second kappa shape index (κ2) is 8.38. The third kappa shape index (κ3) is 4.17. The van der Waals surface area contributed by atoms with E-state index in [0.29, 0.717) is 29.1 Å². The number of nitrogens with one attached hydrogen (secondary N) is 1. The first-order valence-electron chi connectivity index (χ1n) is 10.1. The van der Waals surface area contributed by atoms with Gasteiger partial charge in [0.05, 0.1) is 0 Å². The number of nitrogens with zero attached hydrogens (tertiary/aromatic N) is 2. The van der Waals surface area contributed by atoms with Crippen molar-refractivity contribution in [1.82, 2.24) is 9.97 Å². The standard InChI is InChI=1S/C23H22ClFIN3O/c24-16-1-4-22(28-13-16)29-23(30)8-14-7-18-9-15(12-26(18)11-14)19-5-6-27-21-3-2-17(25)10-20(19)21/h1-6,10,13-15,18H,7-9,11-12H2,(H,28,29,30)/t14-,15?,18?/m1/s1. The van der Waals surface area contributed by atoms with Crippen molar-refractivity contribution in [1.29, 1.82) is 0 Å². The summed E-state index contributed by atoms with van der Waals surface area (Å²) in [7, 11) is 0. The van der Waals surface area contributed by atoms with Gasteiger partial charge in [-0.3, -0.25) is 0 Å². The van der Waals surface area contributed by atoms with Crippen LogP contribution in [0.2, 0.25) is 5.02 Å². The normalized spacial score (nSPS) is 24.2. The van der Waals surface area contributed by atoms with Gasteiger partial charge in [-0.2, -0.15) is 0 Å². The molecule has 30 heavy (non-hydrogen) atoms. The SMILES string of the molecule is O=C(C[C@H]1CC2CC(c3ccnc4ccc(F)cc34)CI2C1)Nc1ccc(Cl)cn1. The molecule has 156 valence electrons. The van der Waals surface area contributed by atoms with E-state index in [-0.39, 0.29) is 11.7 Å². The van der Waals surface area contributed by atoms with E-state index < -0.39 is 19.8 Å². The number of amides is 1. The minimum atomic E-state index is -1.10. The number of anilines is 1. The minimum absolute atomic E-state index is 0.0408. The molecular formula is C23H22ClFIN3O. The number of aromatic nitrogens is 2. The summed E-state index contributed by atoms with van der Waals surface area (Å²) >= 11 is 4.75. The molecule has 2 aromatic heterocycles. The van der Waals surface area contributed by atoms with E-state index in [9.17, 15) is 9.18 Å². The van der Waals surface area contributed by atoms with Crippen LogP contribution in [0.25, 0.3) is 10.9 Å². The molecule has 4 nitrogen and oxygen atoms in total. The Kier molecular flexibility index (Phi) is 5.62. The molecule has 2 unspecified atom stereocenters. The number of hydrogen-bond donors (Lipinski definition) is 1. The van der Waals surface area contributed by atoms with Crippen LogP contribution in [0.15, 0.2) is 48.8 Å². The molecule has 4 heterocycles. The van der Waals surface area contributed by atoms with Gasteiger partial charge in [0.25, 0.3) is 0 Å². The van der Waals surface area contributed by atoms with Gasteiger partial charge in [-0.05, 0) is 0 Å². The van der Waals surface area contributed by atoms with E-state index in [1.165, 1.54) is 26.9 Å². The Morgan fingerprint density at radius 3 is 2.87 bits per heavy atom. The zero-order chi connectivity index (χ0) is 20.7. The molecule has 5 rings (SSSR count). The predicted molar refractivity (Wildman–Crippen MR) is 127 cm³/mol. The molecule has 1 N–H and O–H groups in total. The van der Waals surface area contributed by atoms with Crippen molar-refractivity contribution in [2.75, 3.05) is 14.2 Å². The second-order valence-corrected chi connectivity index (χ2v) is 14.9. The third-order valence-electron chi connectivity index (χ3n) is 6.01. The van der Waals surface area contributed by atoms with Crippen LogP contribution in [0.5, 0.6) is 0 Å². The van der Waals surface area contributed by atoms with Crippen molar-refractivity contribution in [2.45, 2.75) is 29.1 Å². The first kappa shape index (κ1) is 20.1. The third-order valence-corrected chi connectivity index (χ3v) is 14.3. The number of carbonyl (C=O) groups is 1. The Labute approximate surface area is 187 Å².